The van der Waals surface area contributed by atoms with Crippen LogP contribution in [0, 0.1) is 0 Å². The van der Waals surface area contributed by atoms with Crippen LogP contribution in [0.15, 0.2) is 18.2 Å². The molecule has 8 nitrogen and oxygen atoms in total. The molecule has 2 amide bonds. The van der Waals surface area contributed by atoms with Crippen LogP contribution in [0.1, 0.15) is 16.8 Å². The molecular weight excluding hydrogens is 304 g/mol. The molecule has 23 heavy (non-hydrogen) atoms. The average Bonchev–Trinajstić information content (AvgIpc) is 2.53. The second-order valence-electron chi connectivity index (χ2n) is 5.37. The molecule has 0 radical (unpaired) electrons. The number of nitrogens with zero attached hydrogens (tertiary/aromatic N) is 1. The summed E-state index contributed by atoms with van der Waals surface area (Å²) < 4.78 is 10.6. The van der Waals surface area contributed by atoms with Crippen molar-refractivity contribution in [2.45, 2.75) is 12.5 Å². The van der Waals surface area contributed by atoms with Gasteiger partial charge in [-0.05, 0) is 18.2 Å². The number of carboxylic acids is 1. The first-order valence-corrected chi connectivity index (χ1v) is 7.22. The number of benzene rings is 1. The van der Waals surface area contributed by atoms with E-state index in [0.717, 1.165) is 0 Å². The van der Waals surface area contributed by atoms with Crippen molar-refractivity contribution < 1.29 is 29.0 Å². The summed E-state index contributed by atoms with van der Waals surface area (Å²) in [5, 5.41) is 11.6. The fraction of sp³-hybridized carbons (Fsp3) is 0.400. The highest BCUT2D eigenvalue weighted by molar-refractivity contribution is 5.99. The molecule has 1 atom stereocenters. The second kappa shape index (κ2) is 6.25. The topological polar surface area (TPSA) is 105 Å². The molecule has 0 aromatic heterocycles. The third-order valence-corrected chi connectivity index (χ3v) is 3.76. The van der Waals surface area contributed by atoms with E-state index in [4.69, 9.17) is 14.6 Å². The lowest BCUT2D eigenvalue weighted by Gasteiger charge is -2.35. The largest absolute Gasteiger partial charge is 0.482 e. The minimum Gasteiger partial charge on any atom is -0.482 e. The highest BCUT2D eigenvalue weighted by Gasteiger charge is 2.30. The Morgan fingerprint density at radius 2 is 2.22 bits per heavy atom. The average molecular weight is 320 g/mol. The van der Waals surface area contributed by atoms with Crippen molar-refractivity contribution in [1.82, 2.24) is 4.90 Å². The Bertz CT molecular complexity index is 659. The Hall–Kier alpha value is -2.61. The highest BCUT2D eigenvalue weighted by Crippen LogP contribution is 2.29. The van der Waals surface area contributed by atoms with Gasteiger partial charge in [-0.2, -0.15) is 0 Å². The molecule has 0 bridgehead atoms. The lowest BCUT2D eigenvalue weighted by Crippen LogP contribution is -2.49. The van der Waals surface area contributed by atoms with Gasteiger partial charge >= 0.3 is 5.97 Å². The number of morpholine rings is 1. The van der Waals surface area contributed by atoms with Crippen LogP contribution in [0.2, 0.25) is 0 Å². The van der Waals surface area contributed by atoms with E-state index < -0.39 is 12.0 Å². The van der Waals surface area contributed by atoms with E-state index in [2.05, 4.69) is 5.32 Å². The summed E-state index contributed by atoms with van der Waals surface area (Å²) in [7, 11) is 0. The molecule has 2 aliphatic heterocycles. The maximum absolute atomic E-state index is 12.7. The molecule has 122 valence electrons. The van der Waals surface area contributed by atoms with E-state index in [0.29, 0.717) is 30.2 Å². The zero-order chi connectivity index (χ0) is 16.4. The summed E-state index contributed by atoms with van der Waals surface area (Å²) in [5.41, 5.74) is 0.902. The molecule has 1 aromatic rings. The van der Waals surface area contributed by atoms with E-state index in [9.17, 15) is 14.4 Å². The molecule has 1 fully saturated rings. The van der Waals surface area contributed by atoms with Crippen molar-refractivity contribution in [1.29, 1.82) is 0 Å². The molecule has 1 aromatic carbocycles. The molecule has 0 spiro atoms. The summed E-state index contributed by atoms with van der Waals surface area (Å²) >= 11 is 0. The smallest absolute Gasteiger partial charge is 0.305 e. The van der Waals surface area contributed by atoms with Crippen LogP contribution < -0.4 is 10.1 Å². The number of amides is 2. The van der Waals surface area contributed by atoms with E-state index in [1.54, 1.807) is 18.2 Å². The first-order valence-electron chi connectivity index (χ1n) is 7.22. The molecular formula is C15H16N2O6. The molecule has 2 N–H and O–H groups in total. The fourth-order valence-corrected chi connectivity index (χ4v) is 2.67. The van der Waals surface area contributed by atoms with E-state index in [1.807, 2.05) is 0 Å². The van der Waals surface area contributed by atoms with Gasteiger partial charge in [0, 0.05) is 12.1 Å². The van der Waals surface area contributed by atoms with Crippen molar-refractivity contribution in [3.05, 3.63) is 23.8 Å². The molecule has 0 aliphatic carbocycles. The van der Waals surface area contributed by atoms with Gasteiger partial charge in [0.2, 0.25) is 0 Å². The number of carboxylic acid groups (broad SMARTS) is 1. The van der Waals surface area contributed by atoms with Crippen LogP contribution in [0.3, 0.4) is 0 Å². The van der Waals surface area contributed by atoms with Crippen molar-refractivity contribution in [2.75, 3.05) is 31.7 Å². The van der Waals surface area contributed by atoms with E-state index in [-0.39, 0.29) is 31.4 Å². The number of hydrogen-bond donors (Lipinski definition) is 2. The minimum absolute atomic E-state index is 0.0934. The first kappa shape index (κ1) is 15.3. The molecule has 2 aliphatic rings. The van der Waals surface area contributed by atoms with E-state index >= 15 is 0 Å². The quantitative estimate of drug-likeness (QED) is 0.832. The van der Waals surface area contributed by atoms with E-state index in [1.165, 1.54) is 4.90 Å². The normalized spacial score (nSPS) is 20.3. The van der Waals surface area contributed by atoms with Crippen molar-refractivity contribution in [2.24, 2.45) is 0 Å². The van der Waals surface area contributed by atoms with Crippen LogP contribution in [-0.4, -0.2) is 60.2 Å². The standard InChI is InChI=1S/C15H16N2O6/c18-13-8-23-12-5-9(1-2-11(12)16-13)15(21)17-3-4-22-7-10(17)6-14(19)20/h1-2,5,10H,3-4,6-8H2,(H,16,18)(H,19,20). The van der Waals surface area contributed by atoms with Gasteiger partial charge < -0.3 is 24.8 Å². The zero-order valence-electron chi connectivity index (χ0n) is 12.3. The van der Waals surface area contributed by atoms with Crippen LogP contribution in [0.5, 0.6) is 5.75 Å². The fourth-order valence-electron chi connectivity index (χ4n) is 2.67. The number of nitrogens with one attached hydrogen (secondary N) is 1. The number of anilines is 1. The molecule has 1 saturated heterocycles. The Balaban J connectivity index is 1.81. The Morgan fingerprint density at radius 3 is 3.00 bits per heavy atom. The second-order valence-corrected chi connectivity index (χ2v) is 5.37. The maximum Gasteiger partial charge on any atom is 0.305 e. The number of fused-ring (bicyclic) bond motifs is 1. The van der Waals surface area contributed by atoms with Gasteiger partial charge in [-0.25, -0.2) is 0 Å². The third kappa shape index (κ3) is 3.26. The Kier molecular flexibility index (Phi) is 4.16. The van der Waals surface area contributed by atoms with Crippen molar-refractivity contribution in [3.8, 4) is 5.75 Å². The van der Waals surface area contributed by atoms with Crippen molar-refractivity contribution in [3.63, 3.8) is 0 Å². The van der Waals surface area contributed by atoms with Gasteiger partial charge in [-0.1, -0.05) is 0 Å². The van der Waals surface area contributed by atoms with Gasteiger partial charge in [0.25, 0.3) is 11.8 Å². The minimum atomic E-state index is -0.977. The van der Waals surface area contributed by atoms with Crippen molar-refractivity contribution >= 4 is 23.5 Å². The van der Waals surface area contributed by atoms with Gasteiger partial charge in [0.05, 0.1) is 31.4 Å². The predicted octanol–water partition coefficient (Wildman–Crippen LogP) is 0.333. The van der Waals surface area contributed by atoms with Gasteiger partial charge in [-0.3, -0.25) is 14.4 Å². The van der Waals surface area contributed by atoms with Gasteiger partial charge in [0.1, 0.15) is 5.75 Å². The Morgan fingerprint density at radius 1 is 1.39 bits per heavy atom. The number of hydrogen-bond acceptors (Lipinski definition) is 5. The number of rotatable bonds is 3. The highest BCUT2D eigenvalue weighted by atomic mass is 16.5. The SMILES string of the molecule is O=C(O)CC1COCCN1C(=O)c1ccc2c(c1)OCC(=O)N2. The molecule has 2 heterocycles. The molecule has 1 unspecified atom stereocenters. The summed E-state index contributed by atoms with van der Waals surface area (Å²) in [6.07, 6.45) is -0.163. The lowest BCUT2D eigenvalue weighted by atomic mass is 10.1. The lowest BCUT2D eigenvalue weighted by molar-refractivity contribution is -0.139. The molecule has 0 saturated carbocycles. The maximum atomic E-state index is 12.7. The Labute approximate surface area is 132 Å². The van der Waals surface area contributed by atoms with Gasteiger partial charge in [0.15, 0.2) is 6.61 Å². The van der Waals surface area contributed by atoms with Crippen LogP contribution in [0.25, 0.3) is 0 Å². The predicted molar refractivity (Wildman–Crippen MR) is 78.5 cm³/mol. The first-order chi connectivity index (χ1) is 11.0. The number of aliphatic carboxylic acids is 1. The van der Waals surface area contributed by atoms with Crippen LogP contribution >= 0.6 is 0 Å². The summed E-state index contributed by atoms with van der Waals surface area (Å²) in [4.78, 5) is 36.4. The zero-order valence-corrected chi connectivity index (χ0v) is 12.3. The number of carbonyl (C=O) groups is 3. The number of ether oxygens (including phenoxy) is 2. The number of carbonyl (C=O) groups excluding carboxylic acids is 2. The van der Waals surface area contributed by atoms with Gasteiger partial charge in [-0.15, -0.1) is 0 Å². The monoisotopic (exact) mass is 320 g/mol. The third-order valence-electron chi connectivity index (χ3n) is 3.76. The molecule has 8 heteroatoms. The van der Waals surface area contributed by atoms with Crippen LogP contribution in [0.4, 0.5) is 5.69 Å². The summed E-state index contributed by atoms with van der Waals surface area (Å²) in [6, 6.07) is 4.26. The van der Waals surface area contributed by atoms with Crippen LogP contribution in [-0.2, 0) is 14.3 Å². The summed E-state index contributed by atoms with van der Waals surface area (Å²) in [5.74, 6) is -1.07. The molecule has 3 rings (SSSR count). The summed E-state index contributed by atoms with van der Waals surface area (Å²) in [6.45, 7) is 0.824.